The van der Waals surface area contributed by atoms with E-state index in [-0.39, 0.29) is 24.8 Å². The number of carbonyl (C=O) groups excluding carboxylic acids is 2. The van der Waals surface area contributed by atoms with E-state index in [9.17, 15) is 9.59 Å². The van der Waals surface area contributed by atoms with E-state index in [2.05, 4.69) is 5.32 Å². The molecular formula is C15H20N2O4. The molecule has 1 saturated heterocycles. The highest BCUT2D eigenvalue weighted by Gasteiger charge is 2.20. The zero-order valence-corrected chi connectivity index (χ0v) is 12.3. The Labute approximate surface area is 124 Å². The minimum absolute atomic E-state index is 0.0562. The molecule has 1 aromatic carbocycles. The third kappa shape index (κ3) is 3.87. The van der Waals surface area contributed by atoms with Crippen LogP contribution in [-0.2, 0) is 16.0 Å². The Balaban J connectivity index is 2.06. The van der Waals surface area contributed by atoms with E-state index in [1.807, 2.05) is 6.07 Å². The number of nitrogens with zero attached hydrogens (tertiary/aromatic N) is 1. The molecule has 1 fully saturated rings. The number of rotatable bonds is 4. The van der Waals surface area contributed by atoms with Crippen LogP contribution < -0.4 is 14.8 Å². The molecule has 0 radical (unpaired) electrons. The van der Waals surface area contributed by atoms with Gasteiger partial charge in [-0.1, -0.05) is 6.07 Å². The molecule has 21 heavy (non-hydrogen) atoms. The SMILES string of the molecule is COc1ccc(CC(=O)N2CCCNC(=O)C2)cc1OC. The Morgan fingerprint density at radius 3 is 2.76 bits per heavy atom. The van der Waals surface area contributed by atoms with Gasteiger partial charge in [0.2, 0.25) is 11.8 Å². The largest absolute Gasteiger partial charge is 0.493 e. The minimum atomic E-state index is -0.104. The number of carbonyl (C=O) groups is 2. The molecule has 1 N–H and O–H groups in total. The number of hydrogen-bond donors (Lipinski definition) is 1. The summed E-state index contributed by atoms with van der Waals surface area (Å²) in [5, 5.41) is 2.76. The fraction of sp³-hybridized carbons (Fsp3) is 0.467. The number of amides is 2. The molecule has 114 valence electrons. The van der Waals surface area contributed by atoms with Crippen molar-refractivity contribution in [1.29, 1.82) is 0 Å². The molecule has 0 aliphatic carbocycles. The van der Waals surface area contributed by atoms with Gasteiger partial charge in [0.25, 0.3) is 0 Å². The molecule has 6 nitrogen and oxygen atoms in total. The van der Waals surface area contributed by atoms with Crippen LogP contribution in [0.1, 0.15) is 12.0 Å². The quantitative estimate of drug-likeness (QED) is 0.882. The van der Waals surface area contributed by atoms with Crippen molar-refractivity contribution in [3.05, 3.63) is 23.8 Å². The summed E-state index contributed by atoms with van der Waals surface area (Å²) in [5.41, 5.74) is 0.835. The van der Waals surface area contributed by atoms with Gasteiger partial charge in [-0.3, -0.25) is 9.59 Å². The van der Waals surface area contributed by atoms with Gasteiger partial charge >= 0.3 is 0 Å². The van der Waals surface area contributed by atoms with E-state index in [4.69, 9.17) is 9.47 Å². The van der Waals surface area contributed by atoms with Gasteiger partial charge in [-0.25, -0.2) is 0 Å². The Hall–Kier alpha value is -2.24. The first kappa shape index (κ1) is 15.2. The lowest BCUT2D eigenvalue weighted by Crippen LogP contribution is -2.38. The van der Waals surface area contributed by atoms with Crippen molar-refractivity contribution >= 4 is 11.8 Å². The van der Waals surface area contributed by atoms with Crippen LogP contribution in [-0.4, -0.2) is 50.6 Å². The molecule has 0 aromatic heterocycles. The van der Waals surface area contributed by atoms with Crippen molar-refractivity contribution < 1.29 is 19.1 Å². The van der Waals surface area contributed by atoms with E-state index in [0.29, 0.717) is 24.6 Å². The van der Waals surface area contributed by atoms with E-state index >= 15 is 0 Å². The smallest absolute Gasteiger partial charge is 0.239 e. The number of hydrogen-bond acceptors (Lipinski definition) is 4. The number of methoxy groups -OCH3 is 2. The second-order valence-electron chi connectivity index (χ2n) is 4.88. The van der Waals surface area contributed by atoms with E-state index in [0.717, 1.165) is 12.0 Å². The van der Waals surface area contributed by atoms with Gasteiger partial charge in [-0.05, 0) is 24.1 Å². The van der Waals surface area contributed by atoms with Crippen molar-refractivity contribution in [3.63, 3.8) is 0 Å². The lowest BCUT2D eigenvalue weighted by molar-refractivity contribution is -0.134. The Kier molecular flexibility index (Phi) is 5.03. The summed E-state index contributed by atoms with van der Waals surface area (Å²) in [6.45, 7) is 1.36. The maximum atomic E-state index is 12.3. The summed E-state index contributed by atoms with van der Waals surface area (Å²) in [4.78, 5) is 25.4. The van der Waals surface area contributed by atoms with Crippen LogP contribution in [0.5, 0.6) is 11.5 Å². The summed E-state index contributed by atoms with van der Waals surface area (Å²) in [6, 6.07) is 5.39. The summed E-state index contributed by atoms with van der Waals surface area (Å²) in [7, 11) is 3.13. The molecule has 0 saturated carbocycles. The molecule has 6 heteroatoms. The predicted molar refractivity (Wildman–Crippen MR) is 77.5 cm³/mol. The van der Waals surface area contributed by atoms with Crippen molar-refractivity contribution in [3.8, 4) is 11.5 Å². The average molecular weight is 292 g/mol. The van der Waals surface area contributed by atoms with Gasteiger partial charge in [-0.2, -0.15) is 0 Å². The fourth-order valence-corrected chi connectivity index (χ4v) is 2.30. The van der Waals surface area contributed by atoms with Crippen molar-refractivity contribution in [1.82, 2.24) is 10.2 Å². The first-order valence-electron chi connectivity index (χ1n) is 6.89. The van der Waals surface area contributed by atoms with Crippen molar-refractivity contribution in [2.75, 3.05) is 33.9 Å². The summed E-state index contributed by atoms with van der Waals surface area (Å²) in [5.74, 6) is 1.06. The van der Waals surface area contributed by atoms with Crippen LogP contribution in [0.25, 0.3) is 0 Å². The Morgan fingerprint density at radius 2 is 2.05 bits per heavy atom. The summed E-state index contributed by atoms with van der Waals surface area (Å²) in [6.07, 6.45) is 1.02. The predicted octanol–water partition coefficient (Wildman–Crippen LogP) is 0.595. The zero-order valence-electron chi connectivity index (χ0n) is 12.3. The molecule has 2 amide bonds. The van der Waals surface area contributed by atoms with Crippen molar-refractivity contribution in [2.24, 2.45) is 0 Å². The molecule has 1 aliphatic rings. The van der Waals surface area contributed by atoms with Crippen LogP contribution >= 0.6 is 0 Å². The van der Waals surface area contributed by atoms with Crippen molar-refractivity contribution in [2.45, 2.75) is 12.8 Å². The maximum absolute atomic E-state index is 12.3. The molecule has 1 heterocycles. The van der Waals surface area contributed by atoms with Crippen LogP contribution in [0, 0.1) is 0 Å². The molecule has 1 aromatic rings. The van der Waals surface area contributed by atoms with E-state index in [1.54, 1.807) is 31.3 Å². The molecular weight excluding hydrogens is 272 g/mol. The zero-order chi connectivity index (χ0) is 15.2. The second-order valence-corrected chi connectivity index (χ2v) is 4.88. The van der Waals surface area contributed by atoms with Crippen LogP contribution in [0.3, 0.4) is 0 Å². The van der Waals surface area contributed by atoms with Crippen LogP contribution in [0.4, 0.5) is 0 Å². The first-order valence-corrected chi connectivity index (χ1v) is 6.89. The van der Waals surface area contributed by atoms with Crippen LogP contribution in [0.15, 0.2) is 18.2 Å². The number of ether oxygens (including phenoxy) is 2. The molecule has 0 unspecified atom stereocenters. The standard InChI is InChI=1S/C15H20N2O4/c1-20-12-5-4-11(8-13(12)21-2)9-15(19)17-7-3-6-16-14(18)10-17/h4-5,8H,3,6-7,9-10H2,1-2H3,(H,16,18). The first-order chi connectivity index (χ1) is 10.1. The van der Waals surface area contributed by atoms with E-state index < -0.39 is 0 Å². The van der Waals surface area contributed by atoms with Gasteiger partial charge in [0.05, 0.1) is 27.2 Å². The number of nitrogens with one attached hydrogen (secondary N) is 1. The van der Waals surface area contributed by atoms with Gasteiger partial charge in [0, 0.05) is 13.1 Å². The fourth-order valence-electron chi connectivity index (χ4n) is 2.30. The maximum Gasteiger partial charge on any atom is 0.239 e. The van der Waals surface area contributed by atoms with Gasteiger partial charge < -0.3 is 19.7 Å². The monoisotopic (exact) mass is 292 g/mol. The molecule has 2 rings (SSSR count). The molecule has 1 aliphatic heterocycles. The normalized spacial score (nSPS) is 15.1. The molecule has 0 atom stereocenters. The molecule has 0 spiro atoms. The van der Waals surface area contributed by atoms with Crippen LogP contribution in [0.2, 0.25) is 0 Å². The van der Waals surface area contributed by atoms with Gasteiger partial charge in [0.15, 0.2) is 11.5 Å². The average Bonchev–Trinajstić information content (AvgIpc) is 2.71. The lowest BCUT2D eigenvalue weighted by atomic mass is 10.1. The Morgan fingerprint density at radius 1 is 1.29 bits per heavy atom. The third-order valence-electron chi connectivity index (χ3n) is 3.42. The highest BCUT2D eigenvalue weighted by atomic mass is 16.5. The summed E-state index contributed by atoms with van der Waals surface area (Å²) < 4.78 is 10.4. The van der Waals surface area contributed by atoms with Gasteiger partial charge in [0.1, 0.15) is 0 Å². The van der Waals surface area contributed by atoms with E-state index in [1.165, 1.54) is 0 Å². The highest BCUT2D eigenvalue weighted by Crippen LogP contribution is 2.27. The third-order valence-corrected chi connectivity index (χ3v) is 3.42. The minimum Gasteiger partial charge on any atom is -0.493 e. The topological polar surface area (TPSA) is 67.9 Å². The lowest BCUT2D eigenvalue weighted by Gasteiger charge is -2.19. The Bertz CT molecular complexity index is 530. The highest BCUT2D eigenvalue weighted by molar-refractivity contribution is 5.86. The second kappa shape index (κ2) is 6.97. The number of benzene rings is 1. The summed E-state index contributed by atoms with van der Waals surface area (Å²) >= 11 is 0. The molecule has 0 bridgehead atoms. The van der Waals surface area contributed by atoms with Gasteiger partial charge in [-0.15, -0.1) is 0 Å².